The van der Waals surface area contributed by atoms with Crippen LogP contribution in [0.4, 0.5) is 5.69 Å². The molecule has 6 nitrogen and oxygen atoms in total. The van der Waals surface area contributed by atoms with Gasteiger partial charge in [0.05, 0.1) is 12.6 Å². The molecule has 6 heteroatoms. The van der Waals surface area contributed by atoms with Crippen molar-refractivity contribution in [2.24, 2.45) is 0 Å². The highest BCUT2D eigenvalue weighted by atomic mass is 16.5. The molecule has 1 heterocycles. The minimum absolute atomic E-state index is 0.144. The Morgan fingerprint density at radius 1 is 1.07 bits per heavy atom. The second-order valence-electron chi connectivity index (χ2n) is 6.56. The van der Waals surface area contributed by atoms with Gasteiger partial charge in [-0.05, 0) is 36.6 Å². The van der Waals surface area contributed by atoms with Crippen LogP contribution in [-0.4, -0.2) is 37.6 Å². The summed E-state index contributed by atoms with van der Waals surface area (Å²) in [7, 11) is 0. The Morgan fingerprint density at radius 3 is 2.70 bits per heavy atom. The molecule has 0 spiro atoms. The molecule has 0 aliphatic carbocycles. The number of rotatable bonds is 8. The summed E-state index contributed by atoms with van der Waals surface area (Å²) in [6.45, 7) is 2.15. The number of hydrogen-bond donors (Lipinski definition) is 3. The van der Waals surface area contributed by atoms with Crippen LogP contribution in [0, 0.1) is 0 Å². The Hall–Kier alpha value is -2.70. The van der Waals surface area contributed by atoms with Crippen LogP contribution in [-0.2, 0) is 16.1 Å². The van der Waals surface area contributed by atoms with Crippen LogP contribution in [0.3, 0.4) is 0 Å². The zero-order valence-corrected chi connectivity index (χ0v) is 15.2. The number of ether oxygens (including phenoxy) is 1. The van der Waals surface area contributed by atoms with Crippen molar-refractivity contribution >= 4 is 17.5 Å². The highest BCUT2D eigenvalue weighted by Gasteiger charge is 2.15. The largest absolute Gasteiger partial charge is 0.377 e. The molecule has 2 aromatic rings. The molecule has 0 aromatic heterocycles. The first-order chi connectivity index (χ1) is 13.2. The van der Waals surface area contributed by atoms with E-state index in [0.717, 1.165) is 25.0 Å². The third-order valence-corrected chi connectivity index (χ3v) is 4.39. The fourth-order valence-electron chi connectivity index (χ4n) is 2.98. The lowest BCUT2D eigenvalue weighted by Gasteiger charge is -2.11. The van der Waals surface area contributed by atoms with Crippen LogP contribution < -0.4 is 16.0 Å². The number of anilines is 1. The standard InChI is InChI=1S/C21H25N3O3/c25-20(15-22-14-19-10-5-11-27-19)24-18-9-4-8-17(12-18)21(26)23-13-16-6-2-1-3-7-16/h1-4,6-9,12,19,22H,5,10-11,13-15H2,(H,23,26)(H,24,25). The Morgan fingerprint density at radius 2 is 1.93 bits per heavy atom. The third-order valence-electron chi connectivity index (χ3n) is 4.39. The van der Waals surface area contributed by atoms with Gasteiger partial charge in [-0.3, -0.25) is 9.59 Å². The van der Waals surface area contributed by atoms with E-state index < -0.39 is 0 Å². The Bertz CT molecular complexity index is 758. The minimum atomic E-state index is -0.175. The first kappa shape index (κ1) is 19.1. The van der Waals surface area contributed by atoms with Gasteiger partial charge in [0.2, 0.25) is 5.91 Å². The second-order valence-corrected chi connectivity index (χ2v) is 6.56. The lowest BCUT2D eigenvalue weighted by Crippen LogP contribution is -2.33. The van der Waals surface area contributed by atoms with E-state index in [1.54, 1.807) is 24.3 Å². The molecule has 1 aliphatic rings. The van der Waals surface area contributed by atoms with E-state index in [-0.39, 0.29) is 24.5 Å². The zero-order valence-electron chi connectivity index (χ0n) is 15.2. The van der Waals surface area contributed by atoms with Crippen molar-refractivity contribution in [3.8, 4) is 0 Å². The molecule has 27 heavy (non-hydrogen) atoms. The van der Waals surface area contributed by atoms with Crippen LogP contribution >= 0.6 is 0 Å². The Labute approximate surface area is 159 Å². The highest BCUT2D eigenvalue weighted by molar-refractivity contribution is 5.97. The summed E-state index contributed by atoms with van der Waals surface area (Å²) in [6, 6.07) is 16.7. The predicted octanol–water partition coefficient (Wildman–Crippen LogP) is 2.32. The van der Waals surface area contributed by atoms with Crippen molar-refractivity contribution in [2.75, 3.05) is 25.0 Å². The molecular formula is C21H25N3O3. The van der Waals surface area contributed by atoms with Gasteiger partial charge >= 0.3 is 0 Å². The molecule has 2 aromatic carbocycles. The van der Waals surface area contributed by atoms with Gasteiger partial charge in [0, 0.05) is 30.9 Å². The highest BCUT2D eigenvalue weighted by Crippen LogP contribution is 2.12. The normalized spacial score (nSPS) is 16.1. The number of benzene rings is 2. The quantitative estimate of drug-likeness (QED) is 0.669. The first-order valence-electron chi connectivity index (χ1n) is 9.25. The second kappa shape index (κ2) is 9.85. The molecule has 1 aliphatic heterocycles. The fraction of sp³-hybridized carbons (Fsp3) is 0.333. The third kappa shape index (κ3) is 6.20. The summed E-state index contributed by atoms with van der Waals surface area (Å²) >= 11 is 0. The average molecular weight is 367 g/mol. The lowest BCUT2D eigenvalue weighted by molar-refractivity contribution is -0.115. The monoisotopic (exact) mass is 367 g/mol. The molecule has 142 valence electrons. The summed E-state index contributed by atoms with van der Waals surface area (Å²) in [5, 5.41) is 8.80. The number of carbonyl (C=O) groups excluding carboxylic acids is 2. The van der Waals surface area contributed by atoms with Gasteiger partial charge in [-0.25, -0.2) is 0 Å². The van der Waals surface area contributed by atoms with E-state index in [9.17, 15) is 9.59 Å². The first-order valence-corrected chi connectivity index (χ1v) is 9.25. The van der Waals surface area contributed by atoms with Crippen molar-refractivity contribution in [1.82, 2.24) is 10.6 Å². The van der Waals surface area contributed by atoms with E-state index in [1.165, 1.54) is 0 Å². The maximum Gasteiger partial charge on any atom is 0.251 e. The molecule has 1 unspecified atom stereocenters. The van der Waals surface area contributed by atoms with Crippen molar-refractivity contribution in [3.63, 3.8) is 0 Å². The van der Waals surface area contributed by atoms with Gasteiger partial charge in [-0.15, -0.1) is 0 Å². The van der Waals surface area contributed by atoms with E-state index in [0.29, 0.717) is 24.3 Å². The van der Waals surface area contributed by atoms with Crippen LogP contribution in [0.25, 0.3) is 0 Å². The molecule has 1 saturated heterocycles. The van der Waals surface area contributed by atoms with Gasteiger partial charge in [-0.2, -0.15) is 0 Å². The summed E-state index contributed by atoms with van der Waals surface area (Å²) in [4.78, 5) is 24.4. The minimum Gasteiger partial charge on any atom is -0.377 e. The van der Waals surface area contributed by atoms with Crippen LogP contribution in [0.1, 0.15) is 28.8 Å². The maximum atomic E-state index is 12.3. The number of hydrogen-bond acceptors (Lipinski definition) is 4. The zero-order chi connectivity index (χ0) is 18.9. The molecule has 2 amide bonds. The van der Waals surface area contributed by atoms with Gasteiger partial charge in [-0.1, -0.05) is 36.4 Å². The van der Waals surface area contributed by atoms with Gasteiger partial charge in [0.25, 0.3) is 5.91 Å². The molecular weight excluding hydrogens is 342 g/mol. The van der Waals surface area contributed by atoms with E-state index >= 15 is 0 Å². The number of carbonyl (C=O) groups is 2. The smallest absolute Gasteiger partial charge is 0.251 e. The molecule has 0 radical (unpaired) electrons. The summed E-state index contributed by atoms with van der Waals surface area (Å²) in [5.74, 6) is -0.318. The van der Waals surface area contributed by atoms with Crippen LogP contribution in [0.2, 0.25) is 0 Å². The molecule has 1 atom stereocenters. The molecule has 1 fully saturated rings. The summed E-state index contributed by atoms with van der Waals surface area (Å²) in [6.07, 6.45) is 2.32. The lowest BCUT2D eigenvalue weighted by atomic mass is 10.1. The topological polar surface area (TPSA) is 79.5 Å². The Kier molecular flexibility index (Phi) is 6.96. The fourth-order valence-corrected chi connectivity index (χ4v) is 2.98. The van der Waals surface area contributed by atoms with Crippen LogP contribution in [0.5, 0.6) is 0 Å². The van der Waals surface area contributed by atoms with E-state index in [4.69, 9.17) is 4.74 Å². The van der Waals surface area contributed by atoms with E-state index in [2.05, 4.69) is 16.0 Å². The van der Waals surface area contributed by atoms with Crippen molar-refractivity contribution < 1.29 is 14.3 Å². The molecule has 0 bridgehead atoms. The van der Waals surface area contributed by atoms with Crippen molar-refractivity contribution in [2.45, 2.75) is 25.5 Å². The van der Waals surface area contributed by atoms with Gasteiger partial charge < -0.3 is 20.7 Å². The van der Waals surface area contributed by atoms with Crippen molar-refractivity contribution in [3.05, 3.63) is 65.7 Å². The van der Waals surface area contributed by atoms with Crippen molar-refractivity contribution in [1.29, 1.82) is 0 Å². The molecule has 0 saturated carbocycles. The van der Waals surface area contributed by atoms with Gasteiger partial charge in [0.1, 0.15) is 0 Å². The SMILES string of the molecule is O=C(CNCC1CCCO1)Nc1cccc(C(=O)NCc2ccccc2)c1. The summed E-state index contributed by atoms with van der Waals surface area (Å²) < 4.78 is 5.51. The van der Waals surface area contributed by atoms with Gasteiger partial charge in [0.15, 0.2) is 0 Å². The Balaban J connectivity index is 1.45. The molecule has 3 rings (SSSR count). The van der Waals surface area contributed by atoms with Crippen LogP contribution in [0.15, 0.2) is 54.6 Å². The van der Waals surface area contributed by atoms with E-state index in [1.807, 2.05) is 30.3 Å². The predicted molar refractivity (Wildman–Crippen MR) is 105 cm³/mol. The summed E-state index contributed by atoms with van der Waals surface area (Å²) in [5.41, 5.74) is 2.15. The average Bonchev–Trinajstić information content (AvgIpc) is 3.20. The maximum absolute atomic E-state index is 12.3. The number of amides is 2. The molecule has 3 N–H and O–H groups in total. The number of nitrogens with one attached hydrogen (secondary N) is 3.